The normalized spacial score (nSPS) is 13.5. The Morgan fingerprint density at radius 2 is 1.82 bits per heavy atom. The first-order valence-electron chi connectivity index (χ1n) is 3.27. The van der Waals surface area contributed by atoms with Gasteiger partial charge in [0.2, 0.25) is 10.0 Å². The first-order chi connectivity index (χ1) is 4.77. The second kappa shape index (κ2) is 3.51. The van der Waals surface area contributed by atoms with Gasteiger partial charge in [-0.2, -0.15) is 0 Å². The van der Waals surface area contributed by atoms with Crippen molar-refractivity contribution in [2.24, 2.45) is 0 Å². The van der Waals surface area contributed by atoms with E-state index in [1.807, 2.05) is 0 Å². The summed E-state index contributed by atoms with van der Waals surface area (Å²) < 4.78 is 29.0. The van der Waals surface area contributed by atoms with E-state index in [2.05, 4.69) is 9.46 Å². The lowest BCUT2D eigenvalue weighted by Gasteiger charge is -2.19. The van der Waals surface area contributed by atoms with Gasteiger partial charge in [-0.05, 0) is 20.8 Å². The lowest BCUT2D eigenvalue weighted by molar-refractivity contribution is 0.247. The Labute approximate surface area is 68.0 Å². The summed E-state index contributed by atoms with van der Waals surface area (Å²) in [5.41, 5.74) is -0.433. The van der Waals surface area contributed by atoms with E-state index in [9.17, 15) is 8.42 Å². The monoisotopic (exact) mass is 181 g/mol. The third-order valence-electron chi connectivity index (χ3n) is 0.735. The molecule has 0 aromatic carbocycles. The van der Waals surface area contributed by atoms with Crippen molar-refractivity contribution in [3.8, 4) is 0 Å². The van der Waals surface area contributed by atoms with Crippen molar-refractivity contribution in [2.45, 2.75) is 26.3 Å². The number of ether oxygens (including phenoxy) is 1. The summed E-state index contributed by atoms with van der Waals surface area (Å²) in [5, 5.41) is 0. The minimum Gasteiger partial charge on any atom is -0.367 e. The van der Waals surface area contributed by atoms with E-state index in [1.54, 1.807) is 20.8 Å². The number of rotatable bonds is 3. The molecule has 0 heterocycles. The number of sulfonamides is 1. The largest absolute Gasteiger partial charge is 0.367 e. The van der Waals surface area contributed by atoms with Crippen LogP contribution in [0.1, 0.15) is 20.8 Å². The van der Waals surface area contributed by atoms with E-state index >= 15 is 0 Å². The van der Waals surface area contributed by atoms with Crippen LogP contribution in [0.25, 0.3) is 0 Å². The van der Waals surface area contributed by atoms with Gasteiger partial charge in [0, 0.05) is 12.6 Å². The van der Waals surface area contributed by atoms with Crippen molar-refractivity contribution >= 4 is 10.0 Å². The number of hydrogen-bond acceptors (Lipinski definition) is 3. The number of nitrogens with one attached hydrogen (secondary N) is 1. The quantitative estimate of drug-likeness (QED) is 0.681. The molecule has 1 N–H and O–H groups in total. The van der Waals surface area contributed by atoms with Gasteiger partial charge in [0.1, 0.15) is 0 Å². The van der Waals surface area contributed by atoms with Crippen molar-refractivity contribution in [2.75, 3.05) is 13.0 Å². The molecule has 11 heavy (non-hydrogen) atoms. The van der Waals surface area contributed by atoms with Crippen molar-refractivity contribution in [1.82, 2.24) is 4.72 Å². The molecule has 0 aromatic rings. The van der Waals surface area contributed by atoms with Gasteiger partial charge >= 0.3 is 0 Å². The molecule has 0 saturated carbocycles. The Hall–Kier alpha value is -0.130. The molecule has 0 rings (SSSR count). The lowest BCUT2D eigenvalue weighted by Crippen LogP contribution is -2.42. The molecule has 0 bridgehead atoms. The van der Waals surface area contributed by atoms with E-state index in [1.165, 1.54) is 7.11 Å². The molecular weight excluding hydrogens is 166 g/mol. The smallest absolute Gasteiger partial charge is 0.236 e. The Kier molecular flexibility index (Phi) is 3.47. The van der Waals surface area contributed by atoms with E-state index in [0.29, 0.717) is 0 Å². The number of methoxy groups -OCH3 is 1. The zero-order valence-electron chi connectivity index (χ0n) is 7.34. The van der Waals surface area contributed by atoms with Crippen molar-refractivity contribution < 1.29 is 13.2 Å². The maximum absolute atomic E-state index is 11.0. The third kappa shape index (κ3) is 6.28. The SMILES string of the molecule is COCS(=O)(=O)NC(C)(C)C. The van der Waals surface area contributed by atoms with E-state index in [4.69, 9.17) is 0 Å². The van der Waals surface area contributed by atoms with Gasteiger partial charge in [-0.15, -0.1) is 0 Å². The minimum atomic E-state index is -3.26. The van der Waals surface area contributed by atoms with Crippen molar-refractivity contribution in [3.63, 3.8) is 0 Å². The molecule has 0 spiro atoms. The van der Waals surface area contributed by atoms with Gasteiger partial charge in [-0.25, -0.2) is 13.1 Å². The number of hydrogen-bond donors (Lipinski definition) is 1. The van der Waals surface area contributed by atoms with Crippen LogP contribution in [0.2, 0.25) is 0 Å². The molecular formula is C6H15NO3S. The van der Waals surface area contributed by atoms with E-state index < -0.39 is 15.6 Å². The Morgan fingerprint density at radius 1 is 1.36 bits per heavy atom. The maximum Gasteiger partial charge on any atom is 0.236 e. The Morgan fingerprint density at radius 3 is 2.09 bits per heavy atom. The highest BCUT2D eigenvalue weighted by Gasteiger charge is 2.18. The zero-order valence-corrected chi connectivity index (χ0v) is 8.16. The molecule has 0 aliphatic rings. The van der Waals surface area contributed by atoms with Crippen LogP contribution in [0.15, 0.2) is 0 Å². The third-order valence-corrected chi connectivity index (χ3v) is 2.20. The van der Waals surface area contributed by atoms with Gasteiger partial charge in [0.05, 0.1) is 0 Å². The highest BCUT2D eigenvalue weighted by atomic mass is 32.2. The summed E-state index contributed by atoms with van der Waals surface area (Å²) in [4.78, 5) is 0. The van der Waals surface area contributed by atoms with E-state index in [0.717, 1.165) is 0 Å². The highest BCUT2D eigenvalue weighted by Crippen LogP contribution is 2.01. The van der Waals surface area contributed by atoms with Gasteiger partial charge in [0.25, 0.3) is 0 Å². The first kappa shape index (κ1) is 10.9. The fourth-order valence-electron chi connectivity index (χ4n) is 0.651. The van der Waals surface area contributed by atoms with Gasteiger partial charge in [-0.1, -0.05) is 0 Å². The average Bonchev–Trinajstić information content (AvgIpc) is 1.55. The standard InChI is InChI=1S/C6H15NO3S/c1-6(2,3)7-11(8,9)5-10-4/h7H,5H2,1-4H3. The topological polar surface area (TPSA) is 55.4 Å². The van der Waals surface area contributed by atoms with Crippen LogP contribution >= 0.6 is 0 Å². The highest BCUT2D eigenvalue weighted by molar-refractivity contribution is 7.89. The lowest BCUT2D eigenvalue weighted by atomic mass is 10.1. The fraction of sp³-hybridized carbons (Fsp3) is 1.00. The zero-order chi connectivity index (χ0) is 9.12. The predicted octanol–water partition coefficient (Wildman–Crippen LogP) is 0.308. The summed E-state index contributed by atoms with van der Waals surface area (Å²) in [6.45, 7) is 5.33. The van der Waals surface area contributed by atoms with E-state index in [-0.39, 0.29) is 5.94 Å². The minimum absolute atomic E-state index is 0.287. The second-order valence-corrected chi connectivity index (χ2v) is 5.04. The Balaban J connectivity index is 4.15. The van der Waals surface area contributed by atoms with Crippen molar-refractivity contribution in [3.05, 3.63) is 0 Å². The molecule has 0 fully saturated rings. The van der Waals surface area contributed by atoms with Crippen LogP contribution in [0.5, 0.6) is 0 Å². The van der Waals surface area contributed by atoms with Crippen molar-refractivity contribution in [1.29, 1.82) is 0 Å². The van der Waals surface area contributed by atoms with Crippen LogP contribution < -0.4 is 4.72 Å². The molecule has 0 atom stereocenters. The van der Waals surface area contributed by atoms with Crippen LogP contribution in [-0.2, 0) is 14.8 Å². The second-order valence-electron chi connectivity index (χ2n) is 3.37. The molecule has 0 aromatic heterocycles. The van der Waals surface area contributed by atoms with Crippen LogP contribution in [0, 0.1) is 0 Å². The molecule has 0 radical (unpaired) electrons. The first-order valence-corrected chi connectivity index (χ1v) is 4.93. The summed E-state index contributed by atoms with van der Waals surface area (Å²) in [7, 11) is -1.91. The summed E-state index contributed by atoms with van der Waals surface area (Å²) in [5.74, 6) is -0.287. The maximum atomic E-state index is 11.0. The molecule has 68 valence electrons. The molecule has 4 nitrogen and oxygen atoms in total. The van der Waals surface area contributed by atoms with Crippen LogP contribution in [0.3, 0.4) is 0 Å². The van der Waals surface area contributed by atoms with Gasteiger partial charge < -0.3 is 4.74 Å². The molecule has 0 unspecified atom stereocenters. The Bertz CT molecular complexity index is 202. The van der Waals surface area contributed by atoms with Crippen LogP contribution in [0.4, 0.5) is 0 Å². The van der Waals surface area contributed by atoms with Gasteiger partial charge in [-0.3, -0.25) is 0 Å². The fourth-order valence-corrected chi connectivity index (χ4v) is 1.95. The summed E-state index contributed by atoms with van der Waals surface area (Å²) in [6, 6.07) is 0. The van der Waals surface area contributed by atoms with Crippen LogP contribution in [-0.4, -0.2) is 27.0 Å². The predicted molar refractivity (Wildman–Crippen MR) is 43.7 cm³/mol. The summed E-state index contributed by atoms with van der Waals surface area (Å²) in [6.07, 6.45) is 0. The molecule has 0 aliphatic heterocycles. The molecule has 0 saturated heterocycles. The molecule has 0 amide bonds. The van der Waals surface area contributed by atoms with Gasteiger partial charge in [0.15, 0.2) is 5.94 Å². The summed E-state index contributed by atoms with van der Waals surface area (Å²) >= 11 is 0. The molecule has 0 aliphatic carbocycles. The average molecular weight is 181 g/mol. The molecule has 5 heteroatoms.